The molecule has 0 radical (unpaired) electrons. The molecule has 3 nitrogen and oxygen atoms in total. The molecule has 2 rings (SSSR count). The average Bonchev–Trinajstić information content (AvgIpc) is 2.50. The van der Waals surface area contributed by atoms with Gasteiger partial charge in [0.1, 0.15) is 0 Å². The molecule has 1 saturated heterocycles. The lowest BCUT2D eigenvalue weighted by Crippen LogP contribution is -2.35. The second kappa shape index (κ2) is 5.83. The first-order valence-electron chi connectivity index (χ1n) is 6.40. The van der Waals surface area contributed by atoms with E-state index in [4.69, 9.17) is 10.5 Å². The number of nitrogens with two attached hydrogens (primary N) is 1. The van der Waals surface area contributed by atoms with Gasteiger partial charge in [-0.1, -0.05) is 0 Å². The standard InChI is InChI=1S/C12H24N2O/c13-12-4-2-11(3-5-12)10-14-6-1-8-15-9-7-14/h11-12H,1-10,13H2. The zero-order valence-electron chi connectivity index (χ0n) is 9.66. The molecule has 15 heavy (non-hydrogen) atoms. The molecule has 1 aliphatic heterocycles. The molecular formula is C12H24N2O. The van der Waals surface area contributed by atoms with Crippen molar-refractivity contribution in [3.8, 4) is 0 Å². The van der Waals surface area contributed by atoms with Crippen LogP contribution in [0.1, 0.15) is 32.1 Å². The van der Waals surface area contributed by atoms with Crippen molar-refractivity contribution in [3.05, 3.63) is 0 Å². The fourth-order valence-corrected chi connectivity index (χ4v) is 2.72. The van der Waals surface area contributed by atoms with Gasteiger partial charge in [-0.15, -0.1) is 0 Å². The molecule has 1 aliphatic carbocycles. The molecule has 0 aromatic rings. The van der Waals surface area contributed by atoms with Crippen LogP contribution >= 0.6 is 0 Å². The SMILES string of the molecule is NC1CCC(CN2CCCOCC2)CC1. The predicted octanol–water partition coefficient (Wildman–Crippen LogP) is 1.23. The maximum absolute atomic E-state index is 5.92. The first-order valence-corrected chi connectivity index (χ1v) is 6.40. The van der Waals surface area contributed by atoms with Crippen molar-refractivity contribution in [1.29, 1.82) is 0 Å². The minimum atomic E-state index is 0.480. The zero-order chi connectivity index (χ0) is 10.5. The summed E-state index contributed by atoms with van der Waals surface area (Å²) in [5.74, 6) is 0.892. The lowest BCUT2D eigenvalue weighted by atomic mass is 9.86. The fraction of sp³-hybridized carbons (Fsp3) is 1.00. The van der Waals surface area contributed by atoms with E-state index in [1.54, 1.807) is 0 Å². The van der Waals surface area contributed by atoms with E-state index in [1.807, 2.05) is 0 Å². The highest BCUT2D eigenvalue weighted by atomic mass is 16.5. The molecule has 1 heterocycles. The van der Waals surface area contributed by atoms with Crippen LogP contribution in [0.15, 0.2) is 0 Å². The molecule has 2 fully saturated rings. The van der Waals surface area contributed by atoms with Gasteiger partial charge in [0.2, 0.25) is 0 Å². The molecule has 0 atom stereocenters. The highest BCUT2D eigenvalue weighted by molar-refractivity contribution is 4.77. The fourth-order valence-electron chi connectivity index (χ4n) is 2.72. The second-order valence-electron chi connectivity index (χ2n) is 5.05. The van der Waals surface area contributed by atoms with E-state index in [1.165, 1.54) is 45.2 Å². The van der Waals surface area contributed by atoms with Gasteiger partial charge in [-0.05, 0) is 38.0 Å². The van der Waals surface area contributed by atoms with Crippen molar-refractivity contribution < 1.29 is 4.74 Å². The Morgan fingerprint density at radius 1 is 1.07 bits per heavy atom. The molecule has 0 unspecified atom stereocenters. The number of hydrogen-bond donors (Lipinski definition) is 1. The third kappa shape index (κ3) is 3.74. The van der Waals surface area contributed by atoms with Gasteiger partial charge >= 0.3 is 0 Å². The van der Waals surface area contributed by atoms with Crippen LogP contribution < -0.4 is 5.73 Å². The smallest absolute Gasteiger partial charge is 0.0593 e. The van der Waals surface area contributed by atoms with Crippen molar-refractivity contribution in [2.24, 2.45) is 11.7 Å². The van der Waals surface area contributed by atoms with E-state index < -0.39 is 0 Å². The van der Waals surface area contributed by atoms with E-state index in [0.29, 0.717) is 6.04 Å². The van der Waals surface area contributed by atoms with Gasteiger partial charge in [0.15, 0.2) is 0 Å². The Morgan fingerprint density at radius 3 is 2.67 bits per heavy atom. The molecule has 0 amide bonds. The topological polar surface area (TPSA) is 38.5 Å². The van der Waals surface area contributed by atoms with Crippen LogP contribution in [0.25, 0.3) is 0 Å². The van der Waals surface area contributed by atoms with Gasteiger partial charge in [-0.2, -0.15) is 0 Å². The van der Waals surface area contributed by atoms with Crippen LogP contribution in [0, 0.1) is 5.92 Å². The second-order valence-corrected chi connectivity index (χ2v) is 5.05. The molecule has 0 aromatic heterocycles. The monoisotopic (exact) mass is 212 g/mol. The normalized spacial score (nSPS) is 35.0. The van der Waals surface area contributed by atoms with Gasteiger partial charge in [-0.25, -0.2) is 0 Å². The van der Waals surface area contributed by atoms with Gasteiger partial charge in [0.05, 0.1) is 6.61 Å². The van der Waals surface area contributed by atoms with Gasteiger partial charge in [0, 0.05) is 32.3 Å². The van der Waals surface area contributed by atoms with Crippen molar-refractivity contribution in [3.63, 3.8) is 0 Å². The Morgan fingerprint density at radius 2 is 1.87 bits per heavy atom. The largest absolute Gasteiger partial charge is 0.380 e. The van der Waals surface area contributed by atoms with Gasteiger partial charge < -0.3 is 15.4 Å². The molecule has 0 bridgehead atoms. The van der Waals surface area contributed by atoms with E-state index in [2.05, 4.69) is 4.90 Å². The molecule has 0 spiro atoms. The molecule has 2 N–H and O–H groups in total. The summed E-state index contributed by atoms with van der Waals surface area (Å²) in [6.07, 6.45) is 6.33. The minimum absolute atomic E-state index is 0.480. The Balaban J connectivity index is 1.70. The number of rotatable bonds is 2. The number of ether oxygens (including phenoxy) is 1. The van der Waals surface area contributed by atoms with Gasteiger partial charge in [0.25, 0.3) is 0 Å². The van der Waals surface area contributed by atoms with E-state index in [-0.39, 0.29) is 0 Å². The Labute approximate surface area is 93.0 Å². The maximum Gasteiger partial charge on any atom is 0.0593 e. The predicted molar refractivity (Wildman–Crippen MR) is 61.8 cm³/mol. The molecular weight excluding hydrogens is 188 g/mol. The van der Waals surface area contributed by atoms with Crippen LogP contribution in [0.5, 0.6) is 0 Å². The number of hydrogen-bond acceptors (Lipinski definition) is 3. The first kappa shape index (κ1) is 11.4. The van der Waals surface area contributed by atoms with Crippen LogP contribution in [0.4, 0.5) is 0 Å². The molecule has 1 saturated carbocycles. The molecule has 2 aliphatic rings. The molecule has 3 heteroatoms. The summed E-state index contributed by atoms with van der Waals surface area (Å²) in [5, 5.41) is 0. The average molecular weight is 212 g/mol. The summed E-state index contributed by atoms with van der Waals surface area (Å²) in [6.45, 7) is 5.50. The van der Waals surface area contributed by atoms with Crippen LogP contribution in [-0.4, -0.2) is 43.8 Å². The van der Waals surface area contributed by atoms with Crippen LogP contribution in [0.3, 0.4) is 0 Å². The molecule has 0 aromatic carbocycles. The summed E-state index contributed by atoms with van der Waals surface area (Å²) in [7, 11) is 0. The number of nitrogens with zero attached hydrogens (tertiary/aromatic N) is 1. The third-order valence-electron chi connectivity index (χ3n) is 3.72. The Kier molecular flexibility index (Phi) is 4.42. The zero-order valence-corrected chi connectivity index (χ0v) is 9.66. The Hall–Kier alpha value is -0.120. The van der Waals surface area contributed by atoms with Crippen molar-refractivity contribution in [1.82, 2.24) is 4.90 Å². The summed E-state index contributed by atoms with van der Waals surface area (Å²) in [6, 6.07) is 0.480. The van der Waals surface area contributed by atoms with Crippen molar-refractivity contribution in [2.75, 3.05) is 32.8 Å². The highest BCUT2D eigenvalue weighted by Gasteiger charge is 2.21. The summed E-state index contributed by atoms with van der Waals surface area (Å²) < 4.78 is 5.47. The maximum atomic E-state index is 5.92. The summed E-state index contributed by atoms with van der Waals surface area (Å²) in [5.41, 5.74) is 5.92. The highest BCUT2D eigenvalue weighted by Crippen LogP contribution is 2.24. The van der Waals surface area contributed by atoms with E-state index >= 15 is 0 Å². The van der Waals surface area contributed by atoms with Crippen molar-refractivity contribution in [2.45, 2.75) is 38.1 Å². The van der Waals surface area contributed by atoms with E-state index in [0.717, 1.165) is 25.7 Å². The Bertz CT molecular complexity index is 170. The van der Waals surface area contributed by atoms with E-state index in [9.17, 15) is 0 Å². The first-order chi connectivity index (χ1) is 7.34. The lowest BCUT2D eigenvalue weighted by Gasteiger charge is -2.30. The summed E-state index contributed by atoms with van der Waals surface area (Å²) >= 11 is 0. The van der Waals surface area contributed by atoms with Crippen LogP contribution in [-0.2, 0) is 4.74 Å². The summed E-state index contributed by atoms with van der Waals surface area (Å²) in [4.78, 5) is 2.58. The van der Waals surface area contributed by atoms with Crippen molar-refractivity contribution >= 4 is 0 Å². The lowest BCUT2D eigenvalue weighted by molar-refractivity contribution is 0.135. The van der Waals surface area contributed by atoms with Crippen LogP contribution in [0.2, 0.25) is 0 Å². The van der Waals surface area contributed by atoms with Gasteiger partial charge in [-0.3, -0.25) is 0 Å². The molecule has 88 valence electrons. The quantitative estimate of drug-likeness (QED) is 0.748. The third-order valence-corrected chi connectivity index (χ3v) is 3.72. The minimum Gasteiger partial charge on any atom is -0.380 e.